The Labute approximate surface area is 210 Å². The average molecular weight is 554 g/mol. The zero-order chi connectivity index (χ0) is 27.7. The van der Waals surface area contributed by atoms with E-state index in [-0.39, 0.29) is 0 Å². The Morgan fingerprint density at radius 1 is 0.421 bits per heavy atom. The van der Waals surface area contributed by atoms with E-state index < -0.39 is 83.7 Å². The largest absolute Gasteiger partial charge is 0.310 e. The van der Waals surface area contributed by atoms with E-state index in [0.29, 0.717) is 10.6 Å². The summed E-state index contributed by atoms with van der Waals surface area (Å²) in [5, 5.41) is 1.02. The van der Waals surface area contributed by atoms with Gasteiger partial charge in [0.05, 0.1) is 0 Å². The van der Waals surface area contributed by atoms with Crippen LogP contribution in [0.3, 0.4) is 0 Å². The maximum absolute atomic E-state index is 14.8. The van der Waals surface area contributed by atoms with Gasteiger partial charge in [0.1, 0.15) is 0 Å². The lowest BCUT2D eigenvalue weighted by Crippen LogP contribution is -2.50. The summed E-state index contributed by atoms with van der Waals surface area (Å²) in [6, 6.07) is 16.1. The second-order valence-electron chi connectivity index (χ2n) is 7.66. The molecule has 0 fully saturated rings. The van der Waals surface area contributed by atoms with Gasteiger partial charge in [-0.25, -0.2) is 43.9 Å². The fourth-order valence-corrected chi connectivity index (χ4v) is 5.36. The fraction of sp³-hybridized carbons (Fsp3) is 0. The molecule has 0 aliphatic rings. The Balaban J connectivity index is 2.07. The molecule has 0 saturated heterocycles. The third-order valence-electron chi connectivity index (χ3n) is 5.41. The van der Waals surface area contributed by atoms with Crippen molar-refractivity contribution in [2.45, 2.75) is 0 Å². The SMILES string of the molecule is Fc1c(F)c(F)c(B(C#CP(c2ccccc2)c2ccccc2)c2c(F)c(F)c(F)c(F)c2F)c(F)c1F. The van der Waals surface area contributed by atoms with Crippen molar-refractivity contribution in [3.63, 3.8) is 0 Å². The van der Waals surface area contributed by atoms with Crippen molar-refractivity contribution in [2.24, 2.45) is 0 Å². The van der Waals surface area contributed by atoms with Gasteiger partial charge in [-0.1, -0.05) is 66.3 Å². The number of hydrogen-bond donors (Lipinski definition) is 0. The molecule has 12 heteroatoms. The summed E-state index contributed by atoms with van der Waals surface area (Å²) in [4.78, 5) is 0. The van der Waals surface area contributed by atoms with Gasteiger partial charge < -0.3 is 0 Å². The Kier molecular flexibility index (Phi) is 7.84. The molecule has 0 N–H and O–H groups in total. The van der Waals surface area contributed by atoms with Gasteiger partial charge in [-0.2, -0.15) is 0 Å². The molecule has 0 spiro atoms. The lowest BCUT2D eigenvalue weighted by molar-refractivity contribution is 0.382. The van der Waals surface area contributed by atoms with Crippen molar-refractivity contribution in [1.82, 2.24) is 0 Å². The monoisotopic (exact) mass is 554 g/mol. The van der Waals surface area contributed by atoms with Gasteiger partial charge in [-0.05, 0) is 10.6 Å². The molecular weight excluding hydrogens is 544 g/mol. The Morgan fingerprint density at radius 3 is 1.03 bits per heavy atom. The van der Waals surface area contributed by atoms with E-state index in [0.717, 1.165) is 0 Å². The average Bonchev–Trinajstić information content (AvgIpc) is 2.94. The zero-order valence-corrected chi connectivity index (χ0v) is 19.5. The second-order valence-corrected chi connectivity index (χ2v) is 9.59. The normalized spacial score (nSPS) is 10.9. The van der Waals surface area contributed by atoms with Crippen LogP contribution in [0.2, 0.25) is 0 Å². The van der Waals surface area contributed by atoms with Crippen LogP contribution in [0.1, 0.15) is 0 Å². The first-order chi connectivity index (χ1) is 18.1. The van der Waals surface area contributed by atoms with Crippen LogP contribution in [0.5, 0.6) is 0 Å². The molecule has 0 aliphatic carbocycles. The molecule has 192 valence electrons. The molecule has 0 bridgehead atoms. The van der Waals surface area contributed by atoms with Crippen LogP contribution < -0.4 is 21.5 Å². The first kappa shape index (κ1) is 27.3. The van der Waals surface area contributed by atoms with Crippen LogP contribution in [-0.2, 0) is 0 Å². The smallest absolute Gasteiger partial charge is 0.204 e. The van der Waals surface area contributed by atoms with Crippen molar-refractivity contribution in [2.75, 3.05) is 0 Å². The van der Waals surface area contributed by atoms with E-state index in [9.17, 15) is 43.9 Å². The predicted octanol–water partition coefficient (Wildman–Crippen LogP) is 5.32. The Hall–Kier alpha value is -3.77. The van der Waals surface area contributed by atoms with Gasteiger partial charge >= 0.3 is 6.71 Å². The maximum Gasteiger partial charge on any atom is 0.310 e. The predicted molar refractivity (Wildman–Crippen MR) is 124 cm³/mol. The summed E-state index contributed by atoms with van der Waals surface area (Å²) in [6.45, 7) is -2.78. The molecule has 4 aromatic carbocycles. The van der Waals surface area contributed by atoms with Gasteiger partial charge in [0, 0.05) is 18.8 Å². The van der Waals surface area contributed by atoms with E-state index >= 15 is 0 Å². The second kappa shape index (κ2) is 10.9. The van der Waals surface area contributed by atoms with E-state index in [2.05, 4.69) is 11.5 Å². The molecular formula is C26H10BF10P. The topological polar surface area (TPSA) is 0 Å². The summed E-state index contributed by atoms with van der Waals surface area (Å²) in [5.41, 5.74) is -1.20. The summed E-state index contributed by atoms with van der Waals surface area (Å²) in [7, 11) is -1.82. The number of rotatable bonds is 4. The molecule has 0 radical (unpaired) electrons. The van der Waals surface area contributed by atoms with Crippen LogP contribution in [0.15, 0.2) is 60.7 Å². The minimum absolute atomic E-state index is 0.509. The van der Waals surface area contributed by atoms with E-state index in [1.807, 2.05) is 0 Å². The molecule has 38 heavy (non-hydrogen) atoms. The maximum atomic E-state index is 14.8. The summed E-state index contributed by atoms with van der Waals surface area (Å²) in [5.74, 6) is -23.2. The third kappa shape index (κ3) is 4.77. The first-order valence-corrected chi connectivity index (χ1v) is 11.8. The fourth-order valence-electron chi connectivity index (χ4n) is 3.60. The summed E-state index contributed by atoms with van der Waals surface area (Å²) < 4.78 is 143. The third-order valence-corrected chi connectivity index (χ3v) is 7.40. The van der Waals surface area contributed by atoms with Gasteiger partial charge in [0.15, 0.2) is 58.2 Å². The molecule has 0 aromatic heterocycles. The van der Waals surface area contributed by atoms with Crippen molar-refractivity contribution in [1.29, 1.82) is 0 Å². The van der Waals surface area contributed by atoms with Crippen molar-refractivity contribution >= 4 is 36.2 Å². The summed E-state index contributed by atoms with van der Waals surface area (Å²) >= 11 is 0. The lowest BCUT2D eigenvalue weighted by atomic mass is 9.40. The van der Waals surface area contributed by atoms with Crippen LogP contribution in [-0.4, -0.2) is 6.71 Å². The minimum atomic E-state index is -2.78. The van der Waals surface area contributed by atoms with E-state index in [1.54, 1.807) is 60.7 Å². The van der Waals surface area contributed by atoms with Crippen molar-refractivity contribution < 1.29 is 43.9 Å². The molecule has 0 saturated carbocycles. The molecule has 4 rings (SSSR count). The highest BCUT2D eigenvalue weighted by Gasteiger charge is 2.39. The Bertz CT molecular complexity index is 1420. The molecule has 0 aliphatic heterocycles. The zero-order valence-electron chi connectivity index (χ0n) is 18.6. The quantitative estimate of drug-likeness (QED) is 0.0801. The molecule has 0 heterocycles. The van der Waals surface area contributed by atoms with Crippen LogP contribution in [0.25, 0.3) is 0 Å². The van der Waals surface area contributed by atoms with Gasteiger partial charge in [-0.15, -0.1) is 5.82 Å². The molecule has 0 nitrogen and oxygen atoms in total. The standard InChI is InChI=1S/C26H10BF10P/c28-17-15(18(29)22(33)25(36)21(17)32)27(16-19(30)23(34)26(37)24(35)20(16)31)11-12-38(13-7-3-1-4-8-13)14-9-5-2-6-10-14/h1-10H. The minimum Gasteiger partial charge on any atom is -0.204 e. The highest BCUT2D eigenvalue weighted by Crippen LogP contribution is 2.32. The van der Waals surface area contributed by atoms with Gasteiger partial charge in [-0.3, -0.25) is 0 Å². The number of benzene rings is 4. The lowest BCUT2D eigenvalue weighted by Gasteiger charge is -2.16. The summed E-state index contributed by atoms with van der Waals surface area (Å²) in [6.07, 6.45) is 0. The van der Waals surface area contributed by atoms with Crippen LogP contribution >= 0.6 is 7.92 Å². The van der Waals surface area contributed by atoms with Gasteiger partial charge in [0.2, 0.25) is 0 Å². The van der Waals surface area contributed by atoms with E-state index in [4.69, 9.17) is 0 Å². The van der Waals surface area contributed by atoms with Gasteiger partial charge in [0.25, 0.3) is 0 Å². The molecule has 0 atom stereocenters. The Morgan fingerprint density at radius 2 is 0.711 bits per heavy atom. The molecule has 0 amide bonds. The molecule has 4 aromatic rings. The van der Waals surface area contributed by atoms with Crippen molar-refractivity contribution in [3.05, 3.63) is 119 Å². The first-order valence-electron chi connectivity index (χ1n) is 10.5. The number of halogens is 10. The van der Waals surface area contributed by atoms with Crippen molar-refractivity contribution in [3.8, 4) is 11.5 Å². The molecule has 0 unspecified atom stereocenters. The highest BCUT2D eigenvalue weighted by atomic mass is 31.1. The van der Waals surface area contributed by atoms with Crippen LogP contribution in [0, 0.1) is 69.7 Å². The number of hydrogen-bond acceptors (Lipinski definition) is 0. The van der Waals surface area contributed by atoms with E-state index in [1.165, 1.54) is 0 Å². The highest BCUT2D eigenvalue weighted by molar-refractivity contribution is 7.77. The van der Waals surface area contributed by atoms with Crippen LogP contribution in [0.4, 0.5) is 43.9 Å².